The van der Waals surface area contributed by atoms with Gasteiger partial charge in [-0.05, 0) is 5.56 Å². The summed E-state index contributed by atoms with van der Waals surface area (Å²) in [5.74, 6) is 0. The van der Waals surface area contributed by atoms with Crippen LogP contribution in [0.25, 0.3) is 0 Å². The maximum absolute atomic E-state index is 11.5. The number of carbonyl (C=O) groups is 1. The van der Waals surface area contributed by atoms with Crippen molar-refractivity contribution in [2.45, 2.75) is 25.2 Å². The van der Waals surface area contributed by atoms with E-state index in [1.165, 1.54) is 0 Å². The maximum atomic E-state index is 11.5. The summed E-state index contributed by atoms with van der Waals surface area (Å²) in [6, 6.07) is 9.24. The molecule has 0 aliphatic carbocycles. The van der Waals surface area contributed by atoms with Crippen molar-refractivity contribution in [1.82, 2.24) is 0 Å². The van der Waals surface area contributed by atoms with Gasteiger partial charge in [0.05, 0.1) is 14.6 Å². The average molecular weight is 254 g/mol. The van der Waals surface area contributed by atoms with Crippen LogP contribution in [0.15, 0.2) is 30.3 Å². The van der Waals surface area contributed by atoms with Gasteiger partial charge in [0.15, 0.2) is 0 Å². The second-order valence-corrected chi connectivity index (χ2v) is 3.94. The number of aliphatic hydroxyl groups excluding tert-OH is 1. The Morgan fingerprint density at radius 1 is 1.50 bits per heavy atom. The molecule has 0 radical (unpaired) electrons. The van der Waals surface area contributed by atoms with Crippen LogP contribution in [0.4, 0.5) is 4.79 Å². The largest absolute Gasteiger partial charge is 0.508 e. The highest BCUT2D eigenvalue weighted by Gasteiger charge is 2.31. The lowest BCUT2D eigenvalue weighted by molar-refractivity contribution is -0.0312. The number of rotatable bonds is 4. The van der Waals surface area contributed by atoms with Gasteiger partial charge in [-0.15, -0.1) is 0 Å². The number of ether oxygens (including phenoxy) is 3. The predicted molar refractivity (Wildman–Crippen MR) is 62.9 cm³/mol. The normalized spacial score (nSPS) is 27.6. The van der Waals surface area contributed by atoms with Gasteiger partial charge < -0.3 is 19.3 Å². The highest BCUT2D eigenvalue weighted by atomic mass is 16.7. The van der Waals surface area contributed by atoms with Crippen molar-refractivity contribution in [3.8, 4) is 0 Å². The van der Waals surface area contributed by atoms with E-state index in [0.717, 1.165) is 5.56 Å². The first-order valence-corrected chi connectivity index (χ1v) is 5.75. The second kappa shape index (κ2) is 6.37. The molecule has 0 aromatic heterocycles. The highest BCUT2D eigenvalue weighted by Crippen LogP contribution is 2.17. The van der Waals surface area contributed by atoms with E-state index < -0.39 is 24.9 Å². The zero-order valence-corrected chi connectivity index (χ0v) is 9.82. The molecule has 0 amide bonds. The summed E-state index contributed by atoms with van der Waals surface area (Å²) in [7, 11) is 0. The van der Waals surface area contributed by atoms with E-state index in [-0.39, 0.29) is 19.6 Å². The van der Waals surface area contributed by atoms with Crippen LogP contribution in [0.5, 0.6) is 0 Å². The number of aliphatic hydroxyl groups is 1. The lowest BCUT2D eigenvalue weighted by atomic mass is 10.2. The van der Waals surface area contributed by atoms with Gasteiger partial charge >= 0.3 is 6.16 Å². The Bertz CT molecular complexity index is 411. The molecule has 0 spiro atoms. The van der Waals surface area contributed by atoms with Crippen LogP contribution in [-0.2, 0) is 20.8 Å². The molecule has 1 saturated heterocycles. The molecule has 0 saturated carbocycles. The summed E-state index contributed by atoms with van der Waals surface area (Å²) >= 11 is 0. The van der Waals surface area contributed by atoms with Crippen LogP contribution < -0.4 is 0 Å². The van der Waals surface area contributed by atoms with Crippen molar-refractivity contribution in [3.05, 3.63) is 35.9 Å². The van der Waals surface area contributed by atoms with Gasteiger partial charge in [-0.1, -0.05) is 30.3 Å². The Labute approximate surface area is 107 Å². The molecule has 0 bridgehead atoms. The van der Waals surface area contributed by atoms with E-state index in [1.807, 2.05) is 30.3 Å². The minimum absolute atomic E-state index is 0.126. The molecule has 2 rings (SSSR count). The Morgan fingerprint density at radius 3 is 3.00 bits per heavy atom. The fourth-order valence-electron chi connectivity index (χ4n) is 1.67. The molecule has 3 atom stereocenters. The van der Waals surface area contributed by atoms with Crippen molar-refractivity contribution >= 4 is 6.16 Å². The smallest absolute Gasteiger partial charge is 0.429 e. The first-order valence-electron chi connectivity index (χ1n) is 6.32. The monoisotopic (exact) mass is 254 g/mol. The fourth-order valence-corrected chi connectivity index (χ4v) is 1.67. The average Bonchev–Trinajstić information content (AvgIpc) is 2.77. The van der Waals surface area contributed by atoms with Gasteiger partial charge in [-0.25, -0.2) is 4.79 Å². The van der Waals surface area contributed by atoms with Crippen LogP contribution in [0.3, 0.4) is 0 Å². The van der Waals surface area contributed by atoms with Gasteiger partial charge in [-0.3, -0.25) is 0 Å². The zero-order valence-electron chi connectivity index (χ0n) is 10.8. The lowest BCUT2D eigenvalue weighted by Gasteiger charge is -2.16. The van der Waals surface area contributed by atoms with E-state index >= 15 is 0 Å². The summed E-state index contributed by atoms with van der Waals surface area (Å²) in [5, 5.41) is 9.03. The third kappa shape index (κ3) is 3.45. The molecule has 1 heterocycles. The second-order valence-electron chi connectivity index (χ2n) is 3.94. The molecule has 1 aromatic rings. The SMILES string of the molecule is [3H][C@H]1C[C@@H](OC(=O)OCc2ccccc2)[C@@H](CO)O1. The Hall–Kier alpha value is -1.59. The van der Waals surface area contributed by atoms with Crippen LogP contribution in [0, 0.1) is 0 Å². The summed E-state index contributed by atoms with van der Waals surface area (Å²) in [5.41, 5.74) is 0.860. The van der Waals surface area contributed by atoms with E-state index in [2.05, 4.69) is 0 Å². The van der Waals surface area contributed by atoms with Crippen LogP contribution in [-0.4, -0.2) is 36.7 Å². The first kappa shape index (κ1) is 11.5. The number of benzene rings is 1. The molecule has 1 aliphatic heterocycles. The van der Waals surface area contributed by atoms with E-state index in [9.17, 15) is 4.79 Å². The van der Waals surface area contributed by atoms with Crippen molar-refractivity contribution in [1.29, 1.82) is 0 Å². The molecule has 5 heteroatoms. The molecule has 1 fully saturated rings. The minimum atomic E-state index is -0.815. The summed E-state index contributed by atoms with van der Waals surface area (Å²) in [6.45, 7) is -0.933. The maximum Gasteiger partial charge on any atom is 0.508 e. The Kier molecular flexibility index (Phi) is 4.07. The molecule has 1 aromatic carbocycles. The molecular formula is C13H16O5. The standard InChI is InChI=1S/C13H16O5/c14-8-12-11(6-7-16-12)18-13(15)17-9-10-4-2-1-3-5-10/h1-5,11-12,14H,6-9H2/t11-,12-/m1/s1/i7T/t7-,11+,12+/m0. The van der Waals surface area contributed by atoms with E-state index in [4.69, 9.17) is 20.7 Å². The van der Waals surface area contributed by atoms with E-state index in [0.29, 0.717) is 0 Å². The summed E-state index contributed by atoms with van der Waals surface area (Å²) in [4.78, 5) is 11.5. The molecule has 5 nitrogen and oxygen atoms in total. The molecular weight excluding hydrogens is 236 g/mol. The lowest BCUT2D eigenvalue weighted by Crippen LogP contribution is -2.30. The predicted octanol–water partition coefficient (Wildman–Crippen LogP) is 1.49. The molecule has 98 valence electrons. The number of hydrogen-bond acceptors (Lipinski definition) is 5. The van der Waals surface area contributed by atoms with Crippen molar-refractivity contribution in [2.24, 2.45) is 0 Å². The summed E-state index contributed by atoms with van der Waals surface area (Å²) in [6.07, 6.45) is -1.85. The third-order valence-electron chi connectivity index (χ3n) is 2.64. The Morgan fingerprint density at radius 2 is 2.28 bits per heavy atom. The van der Waals surface area contributed by atoms with Gasteiger partial charge in [-0.2, -0.15) is 0 Å². The minimum Gasteiger partial charge on any atom is -0.429 e. The van der Waals surface area contributed by atoms with Crippen molar-refractivity contribution in [2.75, 3.05) is 13.2 Å². The fraction of sp³-hybridized carbons (Fsp3) is 0.462. The van der Waals surface area contributed by atoms with Gasteiger partial charge in [0, 0.05) is 6.42 Å². The Balaban J connectivity index is 1.78. The topological polar surface area (TPSA) is 65.0 Å². The zero-order chi connectivity index (χ0) is 13.7. The molecule has 18 heavy (non-hydrogen) atoms. The molecule has 1 N–H and O–H groups in total. The van der Waals surface area contributed by atoms with Gasteiger partial charge in [0.1, 0.15) is 18.8 Å². The van der Waals surface area contributed by atoms with Crippen LogP contribution in [0.2, 0.25) is 0 Å². The van der Waals surface area contributed by atoms with Crippen molar-refractivity contribution in [3.63, 3.8) is 0 Å². The van der Waals surface area contributed by atoms with Crippen LogP contribution in [0.1, 0.15) is 13.4 Å². The quantitative estimate of drug-likeness (QED) is 0.825. The molecule has 0 unspecified atom stereocenters. The van der Waals surface area contributed by atoms with E-state index in [1.54, 1.807) is 0 Å². The van der Waals surface area contributed by atoms with Gasteiger partial charge in [0.25, 0.3) is 0 Å². The summed E-state index contributed by atoms with van der Waals surface area (Å²) < 4.78 is 22.5. The molecule has 1 aliphatic rings. The van der Waals surface area contributed by atoms with Crippen molar-refractivity contribution < 1.29 is 25.5 Å². The first-order chi connectivity index (χ1) is 9.19. The van der Waals surface area contributed by atoms with Gasteiger partial charge in [0.2, 0.25) is 0 Å². The third-order valence-corrected chi connectivity index (χ3v) is 2.64. The van der Waals surface area contributed by atoms with Crippen LogP contribution >= 0.6 is 0 Å². The number of hydrogen-bond donors (Lipinski definition) is 1. The number of carbonyl (C=O) groups excluding carboxylic acids is 1. The highest BCUT2D eigenvalue weighted by molar-refractivity contribution is 5.60.